The van der Waals surface area contributed by atoms with Gasteiger partial charge in [0, 0.05) is 0 Å². The molecule has 1 heterocycles. The molecule has 0 radical (unpaired) electrons. The van der Waals surface area contributed by atoms with Gasteiger partial charge in [0.2, 0.25) is 0 Å². The maximum atomic E-state index is 13.4. The first-order valence-corrected chi connectivity index (χ1v) is 12.4. The lowest BCUT2D eigenvalue weighted by molar-refractivity contribution is -0.137. The molecule has 8 heteroatoms. The smallest absolute Gasteiger partial charge is 0.416 e. The van der Waals surface area contributed by atoms with E-state index < -0.39 is 26.7 Å². The van der Waals surface area contributed by atoms with Crippen LogP contribution in [-0.4, -0.2) is 21.6 Å². The number of rotatable bonds is 3. The Hall–Kier alpha value is -3.26. The fraction of sp³-hybridized carbons (Fsp3) is 0.231. The highest BCUT2D eigenvalue weighted by Crippen LogP contribution is 2.39. The summed E-state index contributed by atoms with van der Waals surface area (Å²) in [6, 6.07) is 17.4. The Morgan fingerprint density at radius 1 is 0.941 bits per heavy atom. The molecule has 5 rings (SSSR count). The average Bonchev–Trinajstić information content (AvgIpc) is 2.83. The molecule has 0 amide bonds. The van der Waals surface area contributed by atoms with Crippen molar-refractivity contribution < 1.29 is 26.3 Å². The number of hydrogen-bond acceptors (Lipinski definition) is 3. The summed E-state index contributed by atoms with van der Waals surface area (Å²) in [7, 11) is -4.22. The standard InChI is InChI=1S/C26H22F3NO3S/c27-26(28,29)21-8-4-9-22(17-21)34(31,32)30-13-14-33-25-12-11-18(16-24(25)30)15-20-7-3-6-19-5-1-2-10-23(19)20/h1-2,4-5,8-12,15-17H,3,6-7,13-14H2/b20-15+. The van der Waals surface area contributed by atoms with Crippen LogP contribution in [0.3, 0.4) is 0 Å². The molecule has 1 aliphatic carbocycles. The number of fused-ring (bicyclic) bond motifs is 2. The van der Waals surface area contributed by atoms with E-state index in [-0.39, 0.29) is 13.2 Å². The van der Waals surface area contributed by atoms with Crippen molar-refractivity contribution in [3.8, 4) is 5.75 Å². The summed E-state index contributed by atoms with van der Waals surface area (Å²) in [4.78, 5) is -0.403. The SMILES string of the molecule is O=S(=O)(c1cccc(C(F)(F)F)c1)N1CCOc2ccc(/C=C3\CCCc4ccccc43)cc21. The van der Waals surface area contributed by atoms with Crippen LogP contribution in [0, 0.1) is 0 Å². The highest BCUT2D eigenvalue weighted by molar-refractivity contribution is 7.92. The maximum Gasteiger partial charge on any atom is 0.416 e. The highest BCUT2D eigenvalue weighted by atomic mass is 32.2. The summed E-state index contributed by atoms with van der Waals surface area (Å²) in [6.07, 6.45) is 0.379. The molecule has 3 aromatic rings. The first-order valence-electron chi connectivity index (χ1n) is 11.0. The zero-order valence-corrected chi connectivity index (χ0v) is 19.0. The molecule has 0 spiro atoms. The van der Waals surface area contributed by atoms with E-state index in [1.54, 1.807) is 12.1 Å². The molecule has 2 aliphatic rings. The third-order valence-corrected chi connectivity index (χ3v) is 7.96. The molecule has 0 N–H and O–H groups in total. The van der Waals surface area contributed by atoms with E-state index in [9.17, 15) is 21.6 Å². The second kappa shape index (κ2) is 8.51. The molecule has 34 heavy (non-hydrogen) atoms. The van der Waals surface area contributed by atoms with Gasteiger partial charge >= 0.3 is 6.18 Å². The lowest BCUT2D eigenvalue weighted by Gasteiger charge is -2.31. The second-order valence-electron chi connectivity index (χ2n) is 8.36. The van der Waals surface area contributed by atoms with Crippen LogP contribution < -0.4 is 9.04 Å². The monoisotopic (exact) mass is 485 g/mol. The minimum absolute atomic E-state index is 0.00837. The Morgan fingerprint density at radius 2 is 1.76 bits per heavy atom. The molecule has 0 bridgehead atoms. The first-order chi connectivity index (χ1) is 16.2. The van der Waals surface area contributed by atoms with Crippen molar-refractivity contribution in [1.29, 1.82) is 0 Å². The molecule has 3 aromatic carbocycles. The molecular weight excluding hydrogens is 463 g/mol. The Morgan fingerprint density at radius 3 is 2.59 bits per heavy atom. The van der Waals surface area contributed by atoms with Crippen molar-refractivity contribution in [2.75, 3.05) is 17.5 Å². The van der Waals surface area contributed by atoms with E-state index in [1.165, 1.54) is 22.8 Å². The Balaban J connectivity index is 1.54. The van der Waals surface area contributed by atoms with Gasteiger partial charge in [-0.25, -0.2) is 8.42 Å². The van der Waals surface area contributed by atoms with E-state index in [2.05, 4.69) is 12.1 Å². The number of sulfonamides is 1. The van der Waals surface area contributed by atoms with E-state index >= 15 is 0 Å². The van der Waals surface area contributed by atoms with Gasteiger partial charge < -0.3 is 4.74 Å². The number of aryl methyl sites for hydroxylation is 1. The van der Waals surface area contributed by atoms with Crippen LogP contribution in [0.25, 0.3) is 11.6 Å². The van der Waals surface area contributed by atoms with E-state index in [0.29, 0.717) is 17.5 Å². The molecule has 176 valence electrons. The number of benzene rings is 3. The molecule has 1 aliphatic heterocycles. The summed E-state index contributed by atoms with van der Waals surface area (Å²) < 4.78 is 73.1. The summed E-state index contributed by atoms with van der Waals surface area (Å²) in [5.41, 5.74) is 3.77. The van der Waals surface area contributed by atoms with Crippen LogP contribution in [0.5, 0.6) is 5.75 Å². The van der Waals surface area contributed by atoms with Gasteiger partial charge in [0.1, 0.15) is 12.4 Å². The number of ether oxygens (including phenoxy) is 1. The second-order valence-corrected chi connectivity index (χ2v) is 10.2. The molecule has 0 aromatic heterocycles. The van der Waals surface area contributed by atoms with Gasteiger partial charge in [0.05, 0.1) is 22.7 Å². The summed E-state index contributed by atoms with van der Waals surface area (Å²) in [5.74, 6) is 0.382. The Labute approximate surface area is 196 Å². The van der Waals surface area contributed by atoms with Crippen molar-refractivity contribution in [3.05, 3.63) is 89.0 Å². The quantitative estimate of drug-likeness (QED) is 0.446. The third kappa shape index (κ3) is 4.18. The van der Waals surface area contributed by atoms with Crippen molar-refractivity contribution in [2.45, 2.75) is 30.3 Å². The van der Waals surface area contributed by atoms with Gasteiger partial charge in [-0.1, -0.05) is 42.5 Å². The fourth-order valence-electron chi connectivity index (χ4n) is 4.52. The van der Waals surface area contributed by atoms with Crippen LogP contribution in [0.1, 0.15) is 35.1 Å². The van der Waals surface area contributed by atoms with Crippen molar-refractivity contribution in [2.24, 2.45) is 0 Å². The molecule has 4 nitrogen and oxygen atoms in total. The minimum Gasteiger partial charge on any atom is -0.489 e. The molecular formula is C26H22F3NO3S. The molecule has 0 fully saturated rings. The number of alkyl halides is 3. The largest absolute Gasteiger partial charge is 0.489 e. The highest BCUT2D eigenvalue weighted by Gasteiger charge is 2.34. The lowest BCUT2D eigenvalue weighted by atomic mass is 9.86. The van der Waals surface area contributed by atoms with Gasteiger partial charge in [0.25, 0.3) is 10.0 Å². The summed E-state index contributed by atoms with van der Waals surface area (Å²) >= 11 is 0. The van der Waals surface area contributed by atoms with Crippen molar-refractivity contribution >= 4 is 27.4 Å². The van der Waals surface area contributed by atoms with Gasteiger partial charge in [0.15, 0.2) is 0 Å². The predicted molar refractivity (Wildman–Crippen MR) is 125 cm³/mol. The number of anilines is 1. The van der Waals surface area contributed by atoms with Gasteiger partial charge in [-0.2, -0.15) is 13.2 Å². The van der Waals surface area contributed by atoms with Crippen LogP contribution in [0.2, 0.25) is 0 Å². The fourth-order valence-corrected chi connectivity index (χ4v) is 6.01. The zero-order valence-electron chi connectivity index (χ0n) is 18.2. The molecule has 0 atom stereocenters. The summed E-state index contributed by atoms with van der Waals surface area (Å²) in [5, 5.41) is 0. The number of allylic oxidation sites excluding steroid dienone is 1. The van der Waals surface area contributed by atoms with E-state index in [1.807, 2.05) is 24.3 Å². The van der Waals surface area contributed by atoms with Crippen LogP contribution in [0.15, 0.2) is 71.6 Å². The van der Waals surface area contributed by atoms with Crippen LogP contribution in [0.4, 0.5) is 18.9 Å². The van der Waals surface area contributed by atoms with Crippen molar-refractivity contribution in [3.63, 3.8) is 0 Å². The number of hydrogen-bond donors (Lipinski definition) is 0. The predicted octanol–water partition coefficient (Wildman–Crippen LogP) is 6.17. The zero-order chi connectivity index (χ0) is 23.9. The number of nitrogens with zero attached hydrogens (tertiary/aromatic N) is 1. The van der Waals surface area contributed by atoms with Gasteiger partial charge in [-0.05, 0) is 71.9 Å². The normalized spacial score (nSPS) is 17.1. The van der Waals surface area contributed by atoms with E-state index in [0.717, 1.165) is 41.3 Å². The van der Waals surface area contributed by atoms with E-state index in [4.69, 9.17) is 4.74 Å². The van der Waals surface area contributed by atoms with Gasteiger partial charge in [-0.3, -0.25) is 4.31 Å². The van der Waals surface area contributed by atoms with Gasteiger partial charge in [-0.15, -0.1) is 0 Å². The third-order valence-electron chi connectivity index (χ3n) is 6.15. The average molecular weight is 486 g/mol. The first kappa shape index (κ1) is 22.5. The van der Waals surface area contributed by atoms with Crippen LogP contribution in [-0.2, 0) is 22.6 Å². The Kier molecular flexibility index (Phi) is 5.64. The molecule has 0 unspecified atom stereocenters. The summed E-state index contributed by atoms with van der Waals surface area (Å²) in [6.45, 7) is 0.118. The van der Waals surface area contributed by atoms with Crippen LogP contribution >= 0.6 is 0 Å². The van der Waals surface area contributed by atoms with Crippen molar-refractivity contribution in [1.82, 2.24) is 0 Å². The Bertz CT molecular complexity index is 1380. The number of halogens is 3. The topological polar surface area (TPSA) is 46.6 Å². The minimum atomic E-state index is -4.63. The molecule has 0 saturated heterocycles. The maximum absolute atomic E-state index is 13.4. The molecule has 0 saturated carbocycles. The lowest BCUT2D eigenvalue weighted by Crippen LogP contribution is -2.38.